The van der Waals surface area contributed by atoms with Gasteiger partial charge in [-0.2, -0.15) is 0 Å². The van der Waals surface area contributed by atoms with Gasteiger partial charge in [-0.15, -0.1) is 0 Å². The quantitative estimate of drug-likeness (QED) is 0.597. The zero-order valence-electron chi connectivity index (χ0n) is 17.1. The summed E-state index contributed by atoms with van der Waals surface area (Å²) in [6.07, 6.45) is 3.12. The third-order valence-corrected chi connectivity index (χ3v) is 8.40. The van der Waals surface area contributed by atoms with Crippen molar-refractivity contribution in [2.24, 2.45) is 5.92 Å². The first-order valence-electron chi connectivity index (χ1n) is 10.5. The molecule has 8 heteroatoms. The van der Waals surface area contributed by atoms with E-state index in [0.717, 1.165) is 30.4 Å². The number of rotatable bonds is 8. The van der Waals surface area contributed by atoms with Crippen LogP contribution in [0.5, 0.6) is 0 Å². The number of fused-ring (bicyclic) bond motifs is 1. The molecule has 2 aliphatic rings. The van der Waals surface area contributed by atoms with Crippen molar-refractivity contribution >= 4 is 43.3 Å². The van der Waals surface area contributed by atoms with Crippen LogP contribution in [-0.4, -0.2) is 39.1 Å². The second-order valence-electron chi connectivity index (χ2n) is 8.08. The van der Waals surface area contributed by atoms with E-state index in [4.69, 9.17) is 0 Å². The van der Waals surface area contributed by atoms with Crippen molar-refractivity contribution in [1.82, 2.24) is 5.32 Å². The molecule has 1 aliphatic carbocycles. The van der Waals surface area contributed by atoms with Gasteiger partial charge in [0.25, 0.3) is 0 Å². The van der Waals surface area contributed by atoms with Crippen LogP contribution in [0, 0.1) is 5.92 Å². The highest BCUT2D eigenvalue weighted by molar-refractivity contribution is 9.10. The number of benzene rings is 2. The van der Waals surface area contributed by atoms with E-state index in [1.807, 2.05) is 30.3 Å². The summed E-state index contributed by atoms with van der Waals surface area (Å²) in [5.41, 5.74) is 2.77. The average Bonchev–Trinajstić information content (AvgIpc) is 3.52. The predicted molar refractivity (Wildman–Crippen MR) is 123 cm³/mol. The molecule has 2 aromatic rings. The first kappa shape index (κ1) is 22.0. The van der Waals surface area contributed by atoms with Crippen LogP contribution in [0.4, 0.5) is 5.69 Å². The zero-order chi connectivity index (χ0) is 22.0. The van der Waals surface area contributed by atoms with E-state index in [9.17, 15) is 18.0 Å². The Labute approximate surface area is 191 Å². The van der Waals surface area contributed by atoms with Gasteiger partial charge in [-0.1, -0.05) is 30.3 Å². The van der Waals surface area contributed by atoms with Gasteiger partial charge in [0.15, 0.2) is 9.84 Å². The van der Waals surface area contributed by atoms with Crippen molar-refractivity contribution in [1.29, 1.82) is 0 Å². The van der Waals surface area contributed by atoms with E-state index in [2.05, 4.69) is 21.2 Å². The van der Waals surface area contributed by atoms with Gasteiger partial charge in [-0.05, 0) is 64.9 Å². The molecule has 0 radical (unpaired) electrons. The number of carbonyl (C=O) groups excluding carboxylic acids is 2. The van der Waals surface area contributed by atoms with Crippen LogP contribution in [0.3, 0.4) is 0 Å². The molecule has 1 aliphatic heterocycles. The van der Waals surface area contributed by atoms with Gasteiger partial charge in [0.1, 0.15) is 0 Å². The van der Waals surface area contributed by atoms with Crippen LogP contribution in [-0.2, 0) is 32.3 Å². The summed E-state index contributed by atoms with van der Waals surface area (Å²) in [7, 11) is -3.68. The fourth-order valence-electron chi connectivity index (χ4n) is 3.82. The standard InChI is InChI=1S/C23H25BrN2O4S/c24-19-14-18-9-12-26(23(28)17-6-7-17)20(18)15-21(19)31(29,30)13-10-22(27)25-11-8-16-4-2-1-3-5-16/h1-5,14-15,17H,6-13H2,(H,25,27). The summed E-state index contributed by atoms with van der Waals surface area (Å²) in [6, 6.07) is 13.2. The lowest BCUT2D eigenvalue weighted by molar-refractivity contribution is -0.121. The van der Waals surface area contributed by atoms with Crippen molar-refractivity contribution in [3.05, 3.63) is 58.1 Å². The molecule has 0 aromatic heterocycles. The van der Waals surface area contributed by atoms with Gasteiger partial charge in [0, 0.05) is 35.6 Å². The highest BCUT2D eigenvalue weighted by Gasteiger charge is 2.37. The smallest absolute Gasteiger partial charge is 0.230 e. The number of nitrogens with one attached hydrogen (secondary N) is 1. The van der Waals surface area contributed by atoms with Gasteiger partial charge in [-0.3, -0.25) is 9.59 Å². The van der Waals surface area contributed by atoms with E-state index in [0.29, 0.717) is 29.7 Å². The molecule has 1 N–H and O–H groups in total. The molecule has 0 saturated heterocycles. The number of sulfone groups is 1. The Morgan fingerprint density at radius 2 is 1.87 bits per heavy atom. The summed E-state index contributed by atoms with van der Waals surface area (Å²) in [6.45, 7) is 1.05. The Hall–Kier alpha value is -2.19. The third-order valence-electron chi connectivity index (χ3n) is 5.73. The minimum atomic E-state index is -3.68. The zero-order valence-corrected chi connectivity index (χ0v) is 19.5. The largest absolute Gasteiger partial charge is 0.356 e. The van der Waals surface area contributed by atoms with E-state index >= 15 is 0 Å². The highest BCUT2D eigenvalue weighted by Crippen LogP contribution is 2.39. The molecule has 0 atom stereocenters. The Morgan fingerprint density at radius 1 is 1.13 bits per heavy atom. The SMILES string of the molecule is O=C(CCS(=O)(=O)c1cc2c(cc1Br)CCN2C(=O)C1CC1)NCCc1ccccc1. The first-order valence-corrected chi connectivity index (χ1v) is 13.0. The normalized spacial score (nSPS) is 15.6. The average molecular weight is 505 g/mol. The number of halogens is 1. The lowest BCUT2D eigenvalue weighted by atomic mass is 10.1. The molecule has 1 fully saturated rings. The number of nitrogens with zero attached hydrogens (tertiary/aromatic N) is 1. The molecule has 2 amide bonds. The molecular weight excluding hydrogens is 480 g/mol. The molecule has 164 valence electrons. The van der Waals surface area contributed by atoms with Crippen LogP contribution in [0.15, 0.2) is 51.8 Å². The predicted octanol–water partition coefficient (Wildman–Crippen LogP) is 3.27. The summed E-state index contributed by atoms with van der Waals surface area (Å²) in [4.78, 5) is 26.6. The van der Waals surface area contributed by atoms with Crippen LogP contribution in [0.1, 0.15) is 30.4 Å². The first-order chi connectivity index (χ1) is 14.8. The minimum absolute atomic E-state index is 0.0780. The monoisotopic (exact) mass is 504 g/mol. The minimum Gasteiger partial charge on any atom is -0.356 e. The van der Waals surface area contributed by atoms with E-state index < -0.39 is 9.84 Å². The molecule has 31 heavy (non-hydrogen) atoms. The molecular formula is C23H25BrN2O4S. The summed E-state index contributed by atoms with van der Waals surface area (Å²) in [5.74, 6) is -0.406. The maximum absolute atomic E-state index is 13.0. The van der Waals surface area contributed by atoms with E-state index in [1.54, 1.807) is 17.0 Å². The molecule has 0 bridgehead atoms. The van der Waals surface area contributed by atoms with Crippen molar-refractivity contribution in [2.45, 2.75) is 37.0 Å². The Morgan fingerprint density at radius 3 is 2.58 bits per heavy atom. The Kier molecular flexibility index (Phi) is 6.48. The lowest BCUT2D eigenvalue weighted by Crippen LogP contribution is -2.30. The van der Waals surface area contributed by atoms with Gasteiger partial charge < -0.3 is 10.2 Å². The maximum atomic E-state index is 13.0. The van der Waals surface area contributed by atoms with Crippen molar-refractivity contribution in [2.75, 3.05) is 23.7 Å². The molecule has 1 saturated carbocycles. The number of amides is 2. The van der Waals surface area contributed by atoms with Crippen LogP contribution in [0.25, 0.3) is 0 Å². The highest BCUT2D eigenvalue weighted by atomic mass is 79.9. The van der Waals surface area contributed by atoms with Crippen LogP contribution < -0.4 is 10.2 Å². The van der Waals surface area contributed by atoms with Crippen LogP contribution in [0.2, 0.25) is 0 Å². The van der Waals surface area contributed by atoms with E-state index in [1.165, 1.54) is 0 Å². The molecule has 6 nitrogen and oxygen atoms in total. The number of hydrogen-bond donors (Lipinski definition) is 1. The molecule has 4 rings (SSSR count). The van der Waals surface area contributed by atoms with Crippen molar-refractivity contribution in [3.8, 4) is 0 Å². The fourth-order valence-corrected chi connectivity index (χ4v) is 6.27. The Bertz CT molecular complexity index is 1100. The molecule has 0 spiro atoms. The lowest BCUT2D eigenvalue weighted by Gasteiger charge is -2.18. The number of anilines is 1. The summed E-state index contributed by atoms with van der Waals surface area (Å²) >= 11 is 3.38. The Balaban J connectivity index is 1.38. The van der Waals surface area contributed by atoms with E-state index in [-0.39, 0.29) is 34.8 Å². The summed E-state index contributed by atoms with van der Waals surface area (Å²) < 4.78 is 26.4. The van der Waals surface area contributed by atoms with Gasteiger partial charge in [0.05, 0.1) is 10.6 Å². The van der Waals surface area contributed by atoms with Gasteiger partial charge >= 0.3 is 0 Å². The molecule has 1 heterocycles. The van der Waals surface area contributed by atoms with Gasteiger partial charge in [-0.25, -0.2) is 8.42 Å². The third kappa shape index (κ3) is 5.18. The number of hydrogen-bond acceptors (Lipinski definition) is 4. The van der Waals surface area contributed by atoms with Crippen molar-refractivity contribution in [3.63, 3.8) is 0 Å². The topological polar surface area (TPSA) is 83.6 Å². The van der Waals surface area contributed by atoms with Gasteiger partial charge in [0.2, 0.25) is 11.8 Å². The fraction of sp³-hybridized carbons (Fsp3) is 0.391. The number of carbonyl (C=O) groups is 2. The van der Waals surface area contributed by atoms with Crippen LogP contribution >= 0.6 is 15.9 Å². The maximum Gasteiger partial charge on any atom is 0.230 e. The molecule has 0 unspecified atom stereocenters. The summed E-state index contributed by atoms with van der Waals surface area (Å²) in [5, 5.41) is 2.78. The van der Waals surface area contributed by atoms with Crippen molar-refractivity contribution < 1.29 is 18.0 Å². The second-order valence-corrected chi connectivity index (χ2v) is 11.0. The molecule has 2 aromatic carbocycles. The second kappa shape index (κ2) is 9.12.